The van der Waals surface area contributed by atoms with E-state index >= 15 is 0 Å². The number of rotatable bonds is 5. The normalized spacial score (nSPS) is 20.3. The van der Waals surface area contributed by atoms with Gasteiger partial charge in [0.1, 0.15) is 11.9 Å². The van der Waals surface area contributed by atoms with Crippen molar-refractivity contribution in [2.24, 2.45) is 0 Å². The van der Waals surface area contributed by atoms with Crippen LogP contribution >= 0.6 is 0 Å². The average molecular weight is 350 g/mol. The Hall–Kier alpha value is -2.51. The molecule has 8 heteroatoms. The van der Waals surface area contributed by atoms with E-state index in [9.17, 15) is 13.6 Å². The molecule has 1 saturated carbocycles. The number of hydrogen-bond acceptors (Lipinski definition) is 6. The second-order valence-electron chi connectivity index (χ2n) is 6.40. The molecule has 0 amide bonds. The van der Waals surface area contributed by atoms with Gasteiger partial charge >= 0.3 is 0 Å². The third-order valence-corrected chi connectivity index (χ3v) is 4.40. The fourth-order valence-electron chi connectivity index (χ4n) is 3.12. The molecule has 0 radical (unpaired) electrons. The first-order valence-corrected chi connectivity index (χ1v) is 8.17. The summed E-state index contributed by atoms with van der Waals surface area (Å²) >= 11 is 0. The first-order valence-electron chi connectivity index (χ1n) is 8.17. The Labute approximate surface area is 144 Å². The van der Waals surface area contributed by atoms with Crippen LogP contribution in [-0.2, 0) is 9.53 Å². The van der Waals surface area contributed by atoms with Gasteiger partial charge in [-0.1, -0.05) is 0 Å². The van der Waals surface area contributed by atoms with Gasteiger partial charge in [0.25, 0.3) is 6.47 Å². The second kappa shape index (κ2) is 7.16. The van der Waals surface area contributed by atoms with Gasteiger partial charge in [0, 0.05) is 31.6 Å². The number of carbonyl (C=O) groups is 1. The molecule has 1 aliphatic carbocycles. The van der Waals surface area contributed by atoms with Crippen molar-refractivity contribution in [2.75, 3.05) is 24.3 Å². The van der Waals surface area contributed by atoms with Crippen LogP contribution in [-0.4, -0.2) is 42.7 Å². The molecule has 0 unspecified atom stereocenters. The first kappa shape index (κ1) is 17.3. The Morgan fingerprint density at radius 3 is 2.48 bits per heavy atom. The standard InChI is InChI=1S/C17H20F2N4O2/c1-23(2)16-12-7-13(18)14(19)8-15(12)21-17(22-16)20-10-3-5-11(6-4-10)25-9-24/h7-11H,3-6H2,1-2H3,(H,20,21,22). The first-order chi connectivity index (χ1) is 12.0. The van der Waals surface area contributed by atoms with Crippen LogP contribution in [0, 0.1) is 11.6 Å². The van der Waals surface area contributed by atoms with Crippen LogP contribution in [0.3, 0.4) is 0 Å². The van der Waals surface area contributed by atoms with Crippen LogP contribution in [0.15, 0.2) is 12.1 Å². The number of benzene rings is 1. The zero-order valence-corrected chi connectivity index (χ0v) is 14.1. The molecule has 1 N–H and O–H groups in total. The van der Waals surface area contributed by atoms with Crippen molar-refractivity contribution in [2.45, 2.75) is 37.8 Å². The maximum absolute atomic E-state index is 13.6. The minimum Gasteiger partial charge on any atom is -0.465 e. The molecule has 0 aliphatic heterocycles. The lowest BCUT2D eigenvalue weighted by Gasteiger charge is -2.28. The van der Waals surface area contributed by atoms with E-state index in [4.69, 9.17) is 4.74 Å². The van der Waals surface area contributed by atoms with E-state index < -0.39 is 11.6 Å². The summed E-state index contributed by atoms with van der Waals surface area (Å²) in [7, 11) is 3.57. The maximum Gasteiger partial charge on any atom is 0.293 e. The molecule has 134 valence electrons. The number of halogens is 2. The third kappa shape index (κ3) is 3.78. The number of anilines is 2. The van der Waals surface area contributed by atoms with Crippen molar-refractivity contribution in [3.8, 4) is 0 Å². The van der Waals surface area contributed by atoms with Crippen molar-refractivity contribution in [3.63, 3.8) is 0 Å². The molecule has 3 rings (SSSR count). The SMILES string of the molecule is CN(C)c1nc(NC2CCC(OC=O)CC2)nc2cc(F)c(F)cc12. The highest BCUT2D eigenvalue weighted by atomic mass is 19.2. The second-order valence-corrected chi connectivity index (χ2v) is 6.40. The summed E-state index contributed by atoms with van der Waals surface area (Å²) in [5.74, 6) is -0.965. The highest BCUT2D eigenvalue weighted by molar-refractivity contribution is 5.90. The van der Waals surface area contributed by atoms with E-state index in [1.807, 2.05) is 0 Å². The van der Waals surface area contributed by atoms with E-state index in [0.717, 1.165) is 37.8 Å². The molecule has 1 aromatic heterocycles. The van der Waals surface area contributed by atoms with E-state index in [1.54, 1.807) is 19.0 Å². The molecule has 0 bridgehead atoms. The predicted octanol–water partition coefficient (Wildman–Crippen LogP) is 2.87. The van der Waals surface area contributed by atoms with E-state index in [1.165, 1.54) is 0 Å². The predicted molar refractivity (Wildman–Crippen MR) is 90.6 cm³/mol. The summed E-state index contributed by atoms with van der Waals surface area (Å²) in [5, 5.41) is 3.71. The summed E-state index contributed by atoms with van der Waals surface area (Å²) in [6.45, 7) is 0.488. The van der Waals surface area contributed by atoms with Gasteiger partial charge in [-0.15, -0.1) is 0 Å². The van der Waals surface area contributed by atoms with E-state index in [2.05, 4.69) is 15.3 Å². The molecule has 6 nitrogen and oxygen atoms in total. The number of hydrogen-bond donors (Lipinski definition) is 1. The van der Waals surface area contributed by atoms with Crippen molar-refractivity contribution >= 4 is 29.1 Å². The Kier molecular flexibility index (Phi) is 4.96. The Balaban J connectivity index is 1.85. The summed E-state index contributed by atoms with van der Waals surface area (Å²) in [5.41, 5.74) is 0.345. The number of carbonyl (C=O) groups excluding carboxylic acids is 1. The van der Waals surface area contributed by atoms with Gasteiger partial charge in [-0.05, 0) is 31.7 Å². The molecular weight excluding hydrogens is 330 g/mol. The lowest BCUT2D eigenvalue weighted by molar-refractivity contribution is -0.134. The topological polar surface area (TPSA) is 67.3 Å². The highest BCUT2D eigenvalue weighted by Crippen LogP contribution is 2.28. The zero-order valence-electron chi connectivity index (χ0n) is 14.1. The molecule has 0 spiro atoms. The summed E-state index contributed by atoms with van der Waals surface area (Å²) in [6.07, 6.45) is 3.13. The minimum atomic E-state index is -0.937. The van der Waals surface area contributed by atoms with Gasteiger partial charge in [-0.2, -0.15) is 4.98 Å². The van der Waals surface area contributed by atoms with Crippen LogP contribution in [0.5, 0.6) is 0 Å². The number of fused-ring (bicyclic) bond motifs is 1. The van der Waals surface area contributed by atoms with Gasteiger partial charge < -0.3 is 15.0 Å². The van der Waals surface area contributed by atoms with Gasteiger partial charge in [0.2, 0.25) is 5.95 Å². The molecule has 0 saturated heterocycles. The van der Waals surface area contributed by atoms with Crippen molar-refractivity contribution < 1.29 is 18.3 Å². The van der Waals surface area contributed by atoms with E-state index in [0.29, 0.717) is 29.1 Å². The van der Waals surface area contributed by atoms with Crippen LogP contribution in [0.2, 0.25) is 0 Å². The molecule has 1 heterocycles. The van der Waals surface area contributed by atoms with Crippen molar-refractivity contribution in [3.05, 3.63) is 23.8 Å². The lowest BCUT2D eigenvalue weighted by Crippen LogP contribution is -2.30. The average Bonchev–Trinajstić information content (AvgIpc) is 2.57. The molecule has 25 heavy (non-hydrogen) atoms. The minimum absolute atomic E-state index is 0.0394. The molecule has 1 aliphatic rings. The number of nitrogens with one attached hydrogen (secondary N) is 1. The highest BCUT2D eigenvalue weighted by Gasteiger charge is 2.23. The van der Waals surface area contributed by atoms with Crippen LogP contribution in [0.4, 0.5) is 20.5 Å². The Bertz CT molecular complexity index is 777. The summed E-state index contributed by atoms with van der Waals surface area (Å²) < 4.78 is 32.1. The number of aromatic nitrogens is 2. The molecule has 1 fully saturated rings. The van der Waals surface area contributed by atoms with Crippen LogP contribution < -0.4 is 10.2 Å². The molecule has 1 aromatic carbocycles. The molecular formula is C17H20F2N4O2. The third-order valence-electron chi connectivity index (χ3n) is 4.40. The molecule has 2 aromatic rings. The largest absolute Gasteiger partial charge is 0.465 e. The quantitative estimate of drug-likeness (QED) is 0.837. The fourth-order valence-corrected chi connectivity index (χ4v) is 3.12. The maximum atomic E-state index is 13.6. The number of ether oxygens (including phenoxy) is 1. The zero-order chi connectivity index (χ0) is 18.0. The lowest BCUT2D eigenvalue weighted by atomic mass is 9.93. The van der Waals surface area contributed by atoms with Crippen molar-refractivity contribution in [1.29, 1.82) is 0 Å². The number of nitrogens with zero attached hydrogens (tertiary/aromatic N) is 3. The van der Waals surface area contributed by atoms with Gasteiger partial charge in [-0.3, -0.25) is 4.79 Å². The Morgan fingerprint density at radius 2 is 1.84 bits per heavy atom. The summed E-state index contributed by atoms with van der Waals surface area (Å²) in [6, 6.07) is 2.34. The Morgan fingerprint density at radius 1 is 1.16 bits per heavy atom. The summed E-state index contributed by atoms with van der Waals surface area (Å²) in [4.78, 5) is 20.9. The molecule has 0 atom stereocenters. The van der Waals surface area contributed by atoms with Crippen molar-refractivity contribution in [1.82, 2.24) is 9.97 Å². The van der Waals surface area contributed by atoms with E-state index in [-0.39, 0.29) is 12.1 Å². The van der Waals surface area contributed by atoms with Crippen LogP contribution in [0.1, 0.15) is 25.7 Å². The van der Waals surface area contributed by atoms with Gasteiger partial charge in [0.15, 0.2) is 11.6 Å². The van der Waals surface area contributed by atoms with Gasteiger partial charge in [0.05, 0.1) is 5.52 Å². The van der Waals surface area contributed by atoms with Crippen LogP contribution in [0.25, 0.3) is 10.9 Å². The monoisotopic (exact) mass is 350 g/mol. The smallest absolute Gasteiger partial charge is 0.293 e. The fraction of sp³-hybridized carbons (Fsp3) is 0.471. The van der Waals surface area contributed by atoms with Gasteiger partial charge in [-0.25, -0.2) is 13.8 Å².